The Balaban J connectivity index is 2.38. The van der Waals surface area contributed by atoms with Gasteiger partial charge < -0.3 is 5.32 Å². The molecule has 0 radical (unpaired) electrons. The van der Waals surface area contributed by atoms with Gasteiger partial charge in [-0.1, -0.05) is 15.9 Å². The Morgan fingerprint density at radius 3 is 3.08 bits per heavy atom. The van der Waals surface area contributed by atoms with E-state index in [2.05, 4.69) is 31.3 Å². The van der Waals surface area contributed by atoms with Gasteiger partial charge in [0.05, 0.1) is 11.9 Å². The van der Waals surface area contributed by atoms with E-state index in [9.17, 15) is 4.79 Å². The van der Waals surface area contributed by atoms with Gasteiger partial charge in [0.2, 0.25) is 5.91 Å². The maximum atomic E-state index is 10.8. The summed E-state index contributed by atoms with van der Waals surface area (Å²) in [5.41, 5.74) is 0. The lowest BCUT2D eigenvalue weighted by Gasteiger charge is -1.97. The Morgan fingerprint density at radius 2 is 2.58 bits per heavy atom. The van der Waals surface area contributed by atoms with Crippen LogP contribution in [0.2, 0.25) is 0 Å². The number of amides is 1. The highest BCUT2D eigenvalue weighted by molar-refractivity contribution is 9.09. The molecule has 66 valence electrons. The molecular weight excluding hydrogens is 224 g/mol. The number of alkyl halides is 1. The van der Waals surface area contributed by atoms with Crippen molar-refractivity contribution in [2.24, 2.45) is 7.05 Å². The second-order valence-corrected chi connectivity index (χ2v) is 2.81. The van der Waals surface area contributed by atoms with Gasteiger partial charge in [-0.3, -0.25) is 9.48 Å². The summed E-state index contributed by atoms with van der Waals surface area (Å²) in [6.07, 6.45) is 1.59. The molecule has 0 aliphatic rings. The van der Waals surface area contributed by atoms with Crippen LogP contribution in [0.1, 0.15) is 5.82 Å². The molecular formula is C6H9BrN4O. The average molecular weight is 233 g/mol. The van der Waals surface area contributed by atoms with E-state index in [-0.39, 0.29) is 5.91 Å². The van der Waals surface area contributed by atoms with E-state index < -0.39 is 0 Å². The van der Waals surface area contributed by atoms with Gasteiger partial charge in [-0.25, -0.2) is 4.98 Å². The van der Waals surface area contributed by atoms with Crippen molar-refractivity contribution >= 4 is 21.8 Å². The maximum absolute atomic E-state index is 10.8. The van der Waals surface area contributed by atoms with Gasteiger partial charge in [-0.2, -0.15) is 5.10 Å². The zero-order valence-electron chi connectivity index (χ0n) is 6.62. The Morgan fingerprint density at radius 1 is 1.83 bits per heavy atom. The molecule has 1 N–H and O–H groups in total. The van der Waals surface area contributed by atoms with Crippen molar-refractivity contribution in [2.45, 2.75) is 6.54 Å². The highest BCUT2D eigenvalue weighted by atomic mass is 79.9. The van der Waals surface area contributed by atoms with Crippen LogP contribution in [-0.4, -0.2) is 26.0 Å². The maximum Gasteiger partial charge on any atom is 0.231 e. The summed E-state index contributed by atoms with van der Waals surface area (Å²) in [4.78, 5) is 14.7. The summed E-state index contributed by atoms with van der Waals surface area (Å²) < 4.78 is 1.59. The molecule has 0 aromatic carbocycles. The Hall–Kier alpha value is -0.910. The molecule has 1 heterocycles. The topological polar surface area (TPSA) is 59.8 Å². The summed E-state index contributed by atoms with van der Waals surface area (Å²) in [7, 11) is 1.78. The monoisotopic (exact) mass is 232 g/mol. The minimum atomic E-state index is -0.0672. The van der Waals surface area contributed by atoms with Crippen molar-refractivity contribution in [3.63, 3.8) is 0 Å². The zero-order valence-corrected chi connectivity index (χ0v) is 8.21. The molecule has 1 amide bonds. The van der Waals surface area contributed by atoms with Gasteiger partial charge in [0.15, 0.2) is 5.82 Å². The molecule has 5 nitrogen and oxygen atoms in total. The number of carbonyl (C=O) groups is 1. The molecule has 0 atom stereocenters. The number of aryl methyl sites for hydroxylation is 1. The third-order valence-electron chi connectivity index (χ3n) is 1.21. The first-order valence-electron chi connectivity index (χ1n) is 3.39. The third-order valence-corrected chi connectivity index (χ3v) is 1.72. The number of hydrogen-bond acceptors (Lipinski definition) is 3. The SMILES string of the molecule is Cn1cnc(CNC(=O)CBr)n1. The number of carbonyl (C=O) groups excluding carboxylic acids is 1. The molecule has 1 aromatic rings. The third kappa shape index (κ3) is 2.61. The van der Waals surface area contributed by atoms with Crippen LogP contribution in [0.25, 0.3) is 0 Å². The minimum Gasteiger partial charge on any atom is -0.348 e. The van der Waals surface area contributed by atoms with Gasteiger partial charge in [-0.15, -0.1) is 0 Å². The number of hydrogen-bond donors (Lipinski definition) is 1. The number of rotatable bonds is 3. The molecule has 0 unspecified atom stereocenters. The van der Waals surface area contributed by atoms with Crippen LogP contribution in [0.5, 0.6) is 0 Å². The fourth-order valence-electron chi connectivity index (χ4n) is 0.690. The molecule has 0 aliphatic heterocycles. The van der Waals surface area contributed by atoms with E-state index in [0.29, 0.717) is 17.7 Å². The lowest BCUT2D eigenvalue weighted by Crippen LogP contribution is -2.24. The summed E-state index contributed by atoms with van der Waals surface area (Å²) in [5.74, 6) is 0.550. The first kappa shape index (κ1) is 9.18. The van der Waals surface area contributed by atoms with Gasteiger partial charge in [0, 0.05) is 7.05 Å². The van der Waals surface area contributed by atoms with Crippen molar-refractivity contribution in [1.82, 2.24) is 20.1 Å². The van der Waals surface area contributed by atoms with Crippen molar-refractivity contribution < 1.29 is 4.79 Å². The second kappa shape index (κ2) is 4.20. The van der Waals surface area contributed by atoms with Crippen LogP contribution in [-0.2, 0) is 18.4 Å². The molecule has 1 aromatic heterocycles. The Bertz CT molecular complexity index is 272. The molecule has 1 rings (SSSR count). The summed E-state index contributed by atoms with van der Waals surface area (Å²) >= 11 is 3.04. The minimum absolute atomic E-state index is 0.0672. The van der Waals surface area contributed by atoms with Crippen LogP contribution in [0.15, 0.2) is 6.33 Å². The van der Waals surface area contributed by atoms with E-state index in [0.717, 1.165) is 0 Å². The van der Waals surface area contributed by atoms with Crippen molar-refractivity contribution in [3.8, 4) is 0 Å². The van der Waals surface area contributed by atoms with E-state index in [1.165, 1.54) is 0 Å². The molecule has 0 saturated heterocycles. The molecule has 12 heavy (non-hydrogen) atoms. The van der Waals surface area contributed by atoms with Crippen molar-refractivity contribution in [3.05, 3.63) is 12.2 Å². The number of nitrogens with zero attached hydrogens (tertiary/aromatic N) is 3. The average Bonchev–Trinajstić information content (AvgIpc) is 2.47. The van der Waals surface area contributed by atoms with Gasteiger partial charge in [0.1, 0.15) is 6.33 Å². The summed E-state index contributed by atoms with van der Waals surface area (Å²) in [6.45, 7) is 0.380. The quantitative estimate of drug-likeness (QED) is 0.737. The molecule has 0 saturated carbocycles. The Labute approximate surface area is 78.3 Å². The molecule has 6 heteroatoms. The standard InChI is InChI=1S/C6H9BrN4O/c1-11-4-9-5(10-11)3-8-6(12)2-7/h4H,2-3H2,1H3,(H,8,12). The summed E-state index contributed by atoms with van der Waals surface area (Å²) in [5, 5.41) is 6.94. The van der Waals surface area contributed by atoms with Gasteiger partial charge >= 0.3 is 0 Å². The van der Waals surface area contributed by atoms with E-state index in [1.807, 2.05) is 0 Å². The summed E-state index contributed by atoms with van der Waals surface area (Å²) in [6, 6.07) is 0. The van der Waals surface area contributed by atoms with Crippen molar-refractivity contribution in [1.29, 1.82) is 0 Å². The first-order chi connectivity index (χ1) is 5.72. The lowest BCUT2D eigenvalue weighted by atomic mass is 10.6. The van der Waals surface area contributed by atoms with Crippen LogP contribution < -0.4 is 5.32 Å². The number of aromatic nitrogens is 3. The first-order valence-corrected chi connectivity index (χ1v) is 4.51. The van der Waals surface area contributed by atoms with E-state index in [4.69, 9.17) is 0 Å². The van der Waals surface area contributed by atoms with Crippen LogP contribution in [0.4, 0.5) is 0 Å². The molecule has 0 bridgehead atoms. The molecule has 0 spiro atoms. The zero-order chi connectivity index (χ0) is 8.97. The van der Waals surface area contributed by atoms with Gasteiger partial charge in [-0.05, 0) is 0 Å². The van der Waals surface area contributed by atoms with Crippen LogP contribution in [0.3, 0.4) is 0 Å². The number of nitrogens with one attached hydrogen (secondary N) is 1. The molecule has 0 fully saturated rings. The predicted molar refractivity (Wildman–Crippen MR) is 46.6 cm³/mol. The second-order valence-electron chi connectivity index (χ2n) is 2.24. The highest BCUT2D eigenvalue weighted by Gasteiger charge is 2.00. The van der Waals surface area contributed by atoms with Gasteiger partial charge in [0.25, 0.3) is 0 Å². The molecule has 0 aliphatic carbocycles. The smallest absolute Gasteiger partial charge is 0.231 e. The highest BCUT2D eigenvalue weighted by Crippen LogP contribution is 1.87. The normalized spacial score (nSPS) is 9.83. The Kier molecular flexibility index (Phi) is 3.21. The van der Waals surface area contributed by atoms with Crippen LogP contribution in [0, 0.1) is 0 Å². The van der Waals surface area contributed by atoms with E-state index in [1.54, 1.807) is 18.1 Å². The fourth-order valence-corrected chi connectivity index (χ4v) is 0.888. The van der Waals surface area contributed by atoms with Crippen molar-refractivity contribution in [2.75, 3.05) is 5.33 Å². The van der Waals surface area contributed by atoms with Crippen LogP contribution >= 0.6 is 15.9 Å². The largest absolute Gasteiger partial charge is 0.348 e. The fraction of sp³-hybridized carbons (Fsp3) is 0.500. The lowest BCUT2D eigenvalue weighted by molar-refractivity contribution is -0.118. The number of halogens is 1. The van der Waals surface area contributed by atoms with E-state index >= 15 is 0 Å². The predicted octanol–water partition coefficient (Wildman–Crippen LogP) is -0.174.